The first-order valence-electron chi connectivity index (χ1n) is 5.49. The third kappa shape index (κ3) is 3.04. The average Bonchev–Trinajstić information content (AvgIpc) is 2.48. The summed E-state index contributed by atoms with van der Waals surface area (Å²) in [5.74, 6) is 5.00. The summed E-state index contributed by atoms with van der Waals surface area (Å²) in [6.07, 6.45) is 1.12. The van der Waals surface area contributed by atoms with Crippen LogP contribution in [-0.4, -0.2) is 14.9 Å². The number of nitrogens with zero attached hydrogens (tertiary/aromatic N) is 4. The number of nitriles is 1. The number of hydrogen-bond donors (Lipinski definition) is 3. The summed E-state index contributed by atoms with van der Waals surface area (Å²) in [5.41, 5.74) is 2.41. The predicted molar refractivity (Wildman–Crippen MR) is 78.6 cm³/mol. The van der Waals surface area contributed by atoms with E-state index in [0.29, 0.717) is 15.7 Å². The molecule has 0 bridgehead atoms. The Bertz CT molecular complexity index is 744. The van der Waals surface area contributed by atoms with Gasteiger partial charge in [0.05, 0.1) is 16.2 Å². The lowest BCUT2D eigenvalue weighted by Gasteiger charge is -2.09. The molecule has 21 heavy (non-hydrogen) atoms. The molecule has 0 saturated carbocycles. The van der Waals surface area contributed by atoms with E-state index in [2.05, 4.69) is 36.6 Å². The number of hydrogen-bond acceptors (Lipinski definition) is 8. The Morgan fingerprint density at radius 2 is 2.10 bits per heavy atom. The zero-order valence-electron chi connectivity index (χ0n) is 10.4. The fraction of sp³-hybridized carbons (Fsp3) is 0. The number of benzene rings is 1. The summed E-state index contributed by atoms with van der Waals surface area (Å²) in [6, 6.07) is 6.86. The molecule has 2 aromatic rings. The summed E-state index contributed by atoms with van der Waals surface area (Å²) >= 11 is 3.24. The highest BCUT2D eigenvalue weighted by atomic mass is 79.9. The van der Waals surface area contributed by atoms with Gasteiger partial charge in [-0.05, 0) is 18.2 Å². The smallest absolute Gasteiger partial charge is 0.333 e. The maximum atomic E-state index is 11.1. The Morgan fingerprint density at radius 3 is 2.71 bits per heavy atom. The van der Waals surface area contributed by atoms with Crippen molar-refractivity contribution in [1.29, 1.82) is 5.26 Å². The molecule has 0 aliphatic rings. The van der Waals surface area contributed by atoms with Gasteiger partial charge in [0.15, 0.2) is 0 Å². The molecule has 0 aliphatic carbocycles. The van der Waals surface area contributed by atoms with Crippen LogP contribution in [0.2, 0.25) is 0 Å². The molecule has 1 aromatic heterocycles. The van der Waals surface area contributed by atoms with E-state index in [9.17, 15) is 10.1 Å². The van der Waals surface area contributed by atoms with Crippen LogP contribution in [0.3, 0.4) is 0 Å². The Labute approximate surface area is 127 Å². The van der Waals surface area contributed by atoms with E-state index in [1.165, 1.54) is 0 Å². The maximum Gasteiger partial charge on any atom is 0.354 e. The number of nitrogens with two attached hydrogens (primary N) is 1. The number of nitro groups is 1. The Balaban J connectivity index is 2.50. The van der Waals surface area contributed by atoms with Gasteiger partial charge in [-0.2, -0.15) is 5.26 Å². The highest BCUT2D eigenvalue weighted by molar-refractivity contribution is 9.10. The number of anilines is 3. The molecule has 0 unspecified atom stereocenters. The zero-order chi connectivity index (χ0) is 15.4. The molecule has 0 aliphatic heterocycles. The molecule has 9 nitrogen and oxygen atoms in total. The molecule has 0 saturated heterocycles. The highest BCUT2D eigenvalue weighted by Crippen LogP contribution is 2.32. The van der Waals surface area contributed by atoms with E-state index in [1.807, 2.05) is 6.07 Å². The molecule has 0 amide bonds. The first kappa shape index (κ1) is 14.6. The standard InChI is InChI=1S/C11H8BrN7O2/c12-7-1-2-8(6(3-7)4-13)17-10-9(19(20)21)11(18-14)16-5-15-10/h1-3,5H,14H2,(H2,15,16,17,18). The van der Waals surface area contributed by atoms with Crippen molar-refractivity contribution in [3.63, 3.8) is 0 Å². The van der Waals surface area contributed by atoms with Gasteiger partial charge >= 0.3 is 5.69 Å². The molecule has 10 heteroatoms. The Morgan fingerprint density at radius 1 is 1.38 bits per heavy atom. The molecule has 0 spiro atoms. The SMILES string of the molecule is N#Cc1cc(Br)ccc1Nc1ncnc(NN)c1[N+](=O)[O-]. The Kier molecular flexibility index (Phi) is 4.27. The van der Waals surface area contributed by atoms with Crippen molar-refractivity contribution in [2.24, 2.45) is 5.84 Å². The van der Waals surface area contributed by atoms with Crippen molar-refractivity contribution in [2.75, 3.05) is 10.7 Å². The third-order valence-corrected chi connectivity index (χ3v) is 2.99. The van der Waals surface area contributed by atoms with Crippen LogP contribution in [-0.2, 0) is 0 Å². The number of halogens is 1. The summed E-state index contributed by atoms with van der Waals surface area (Å²) in [6.45, 7) is 0. The van der Waals surface area contributed by atoms with Crippen LogP contribution in [0.5, 0.6) is 0 Å². The zero-order valence-corrected chi connectivity index (χ0v) is 12.0. The van der Waals surface area contributed by atoms with E-state index < -0.39 is 10.6 Å². The molecule has 1 heterocycles. The van der Waals surface area contributed by atoms with E-state index in [0.717, 1.165) is 6.33 Å². The second-order valence-electron chi connectivity index (χ2n) is 3.75. The van der Waals surface area contributed by atoms with Gasteiger partial charge in [-0.25, -0.2) is 15.8 Å². The molecule has 4 N–H and O–H groups in total. The van der Waals surface area contributed by atoms with Crippen molar-refractivity contribution in [3.8, 4) is 6.07 Å². The van der Waals surface area contributed by atoms with E-state index in [4.69, 9.17) is 11.1 Å². The molecule has 1 aromatic carbocycles. The van der Waals surface area contributed by atoms with Gasteiger partial charge in [-0.15, -0.1) is 0 Å². The van der Waals surface area contributed by atoms with Crippen molar-refractivity contribution >= 4 is 38.9 Å². The number of nitrogens with one attached hydrogen (secondary N) is 2. The molecule has 0 radical (unpaired) electrons. The largest absolute Gasteiger partial charge is 0.354 e. The molecule has 0 fully saturated rings. The van der Waals surface area contributed by atoms with Crippen LogP contribution in [0.25, 0.3) is 0 Å². The van der Waals surface area contributed by atoms with E-state index in [-0.39, 0.29) is 11.6 Å². The highest BCUT2D eigenvalue weighted by Gasteiger charge is 2.23. The van der Waals surface area contributed by atoms with E-state index in [1.54, 1.807) is 18.2 Å². The number of rotatable bonds is 4. The third-order valence-electron chi connectivity index (χ3n) is 2.50. The maximum absolute atomic E-state index is 11.1. The first-order valence-corrected chi connectivity index (χ1v) is 6.28. The van der Waals surface area contributed by atoms with Crippen molar-refractivity contribution in [3.05, 3.63) is 44.7 Å². The monoisotopic (exact) mass is 349 g/mol. The van der Waals surface area contributed by atoms with Crippen molar-refractivity contribution in [1.82, 2.24) is 9.97 Å². The summed E-state index contributed by atoms with van der Waals surface area (Å²) in [5, 5.41) is 23.0. The fourth-order valence-electron chi connectivity index (χ4n) is 1.59. The van der Waals surface area contributed by atoms with Crippen LogP contribution in [0.15, 0.2) is 29.0 Å². The van der Waals surface area contributed by atoms with Gasteiger partial charge in [0.25, 0.3) is 0 Å². The molecule has 106 valence electrons. The van der Waals surface area contributed by atoms with Gasteiger partial charge in [-0.1, -0.05) is 15.9 Å². The fourth-order valence-corrected chi connectivity index (χ4v) is 1.96. The number of hydrazine groups is 1. The van der Waals surface area contributed by atoms with Crippen molar-refractivity contribution in [2.45, 2.75) is 0 Å². The van der Waals surface area contributed by atoms with E-state index >= 15 is 0 Å². The van der Waals surface area contributed by atoms with Crippen LogP contribution in [0.1, 0.15) is 5.56 Å². The second-order valence-corrected chi connectivity index (χ2v) is 4.66. The minimum atomic E-state index is -0.664. The lowest BCUT2D eigenvalue weighted by molar-refractivity contribution is -0.383. The quantitative estimate of drug-likeness (QED) is 0.432. The Hall–Kier alpha value is -2.77. The van der Waals surface area contributed by atoms with Crippen LogP contribution in [0, 0.1) is 21.4 Å². The summed E-state index contributed by atoms with van der Waals surface area (Å²) in [4.78, 5) is 18.0. The molecule has 2 rings (SSSR count). The van der Waals surface area contributed by atoms with Gasteiger partial charge in [0, 0.05) is 4.47 Å². The minimum absolute atomic E-state index is 0.0678. The van der Waals surface area contributed by atoms with Crippen LogP contribution >= 0.6 is 15.9 Å². The summed E-state index contributed by atoms with van der Waals surface area (Å²) < 4.78 is 0.714. The molecular weight excluding hydrogens is 342 g/mol. The molecular formula is C11H8BrN7O2. The lowest BCUT2D eigenvalue weighted by atomic mass is 10.2. The topological polar surface area (TPSA) is 143 Å². The number of aromatic nitrogens is 2. The molecule has 0 atom stereocenters. The second kappa shape index (κ2) is 6.12. The number of nitrogen functional groups attached to an aromatic ring is 1. The average molecular weight is 350 g/mol. The van der Waals surface area contributed by atoms with Gasteiger partial charge < -0.3 is 10.7 Å². The van der Waals surface area contributed by atoms with Gasteiger partial charge in [0.2, 0.25) is 11.6 Å². The van der Waals surface area contributed by atoms with Crippen LogP contribution < -0.4 is 16.6 Å². The first-order chi connectivity index (χ1) is 10.1. The minimum Gasteiger partial charge on any atom is -0.333 e. The normalized spacial score (nSPS) is 9.76. The summed E-state index contributed by atoms with van der Waals surface area (Å²) in [7, 11) is 0. The van der Waals surface area contributed by atoms with Crippen LogP contribution in [0.4, 0.5) is 23.0 Å². The lowest BCUT2D eigenvalue weighted by Crippen LogP contribution is -2.13. The van der Waals surface area contributed by atoms with Gasteiger partial charge in [-0.3, -0.25) is 10.1 Å². The predicted octanol–water partition coefficient (Wildman–Crippen LogP) is 2.05. The van der Waals surface area contributed by atoms with Crippen molar-refractivity contribution < 1.29 is 4.92 Å². The van der Waals surface area contributed by atoms with Gasteiger partial charge in [0.1, 0.15) is 12.4 Å².